The molecule has 2 amide bonds. The normalized spacial score (nSPS) is 17.0. The number of benzene rings is 1. The number of hydrogen-bond donors (Lipinski definition) is 5. The van der Waals surface area contributed by atoms with Crippen molar-refractivity contribution >= 4 is 44.9 Å². The lowest BCUT2D eigenvalue weighted by molar-refractivity contribution is -0.146. The van der Waals surface area contributed by atoms with E-state index in [0.29, 0.717) is 12.0 Å². The molecule has 2 atom stereocenters. The predicted octanol–water partition coefficient (Wildman–Crippen LogP) is -1.39. The van der Waals surface area contributed by atoms with Gasteiger partial charge in [-0.25, -0.2) is 13.4 Å². The maximum absolute atomic E-state index is 13.3. The molecule has 2 heterocycles. The van der Waals surface area contributed by atoms with Crippen LogP contribution in [0.1, 0.15) is 34.6 Å². The zero-order chi connectivity index (χ0) is 29.3. The largest absolute Gasteiger partial charge is 0.370 e. The number of sulfonamides is 1. The van der Waals surface area contributed by atoms with Crippen molar-refractivity contribution in [3.8, 4) is 0 Å². The van der Waals surface area contributed by atoms with E-state index in [1.165, 1.54) is 6.20 Å². The number of guanidine groups is 1. The Hall–Kier alpha value is -3.44. The smallest absolute Gasteiger partial charge is 0.241 e. The van der Waals surface area contributed by atoms with Crippen LogP contribution in [0.2, 0.25) is 0 Å². The molecule has 16 heteroatoms. The Kier molecular flexibility index (Phi) is 11.1. The van der Waals surface area contributed by atoms with E-state index in [9.17, 15) is 33.0 Å². The van der Waals surface area contributed by atoms with Crippen LogP contribution < -0.4 is 16.8 Å². The minimum Gasteiger partial charge on any atom is -0.370 e. The molecule has 0 spiro atoms. The van der Waals surface area contributed by atoms with E-state index < -0.39 is 59.0 Å². The predicted molar refractivity (Wildman–Crippen MR) is 147 cm³/mol. The number of rotatable bonds is 14. The number of ketones is 1. The van der Waals surface area contributed by atoms with Gasteiger partial charge in [0.05, 0.1) is 18.3 Å². The van der Waals surface area contributed by atoms with Crippen LogP contribution in [0.4, 0.5) is 0 Å². The maximum Gasteiger partial charge on any atom is 0.241 e. The minimum atomic E-state index is -4.01. The number of nitrogens with zero attached hydrogens (tertiary/aromatic N) is 4. The fourth-order valence-corrected chi connectivity index (χ4v) is 6.61. The second-order valence-electron chi connectivity index (χ2n) is 9.11. The Morgan fingerprint density at radius 3 is 2.55 bits per heavy atom. The standard InChI is InChI=1S/C24H33N7O7S2/c25-24(26)28-8-4-7-17(21(35)22-27-9-12-39-22)29-19(32)14-30-10-11-31(18(23(30)36)13-20(33)34)40(37,38)15-16-5-2-1-3-6-16/h1-3,5-6,9,12,17-18,20,33-34H,4,7-8,10-11,13-15H2,(H,29,32)(H4,25,26,28)/t17-,18+/m0/s1. The first kappa shape index (κ1) is 31.1. The van der Waals surface area contributed by atoms with E-state index in [0.717, 1.165) is 20.5 Å². The molecule has 0 aliphatic carbocycles. The first-order valence-corrected chi connectivity index (χ1v) is 14.9. The summed E-state index contributed by atoms with van der Waals surface area (Å²) in [6.45, 7) is -0.471. The number of aromatic nitrogens is 1. The van der Waals surface area contributed by atoms with E-state index in [1.54, 1.807) is 35.7 Å². The molecule has 1 aliphatic rings. The molecule has 1 aromatic carbocycles. The van der Waals surface area contributed by atoms with Crippen LogP contribution in [0.5, 0.6) is 0 Å². The van der Waals surface area contributed by atoms with Gasteiger partial charge in [0.25, 0.3) is 0 Å². The number of nitrogens with two attached hydrogens (primary N) is 2. The number of nitrogens with one attached hydrogen (secondary N) is 1. The van der Waals surface area contributed by atoms with Gasteiger partial charge in [0, 0.05) is 37.6 Å². The highest BCUT2D eigenvalue weighted by atomic mass is 32.2. The van der Waals surface area contributed by atoms with Gasteiger partial charge < -0.3 is 31.9 Å². The Morgan fingerprint density at radius 1 is 1.20 bits per heavy atom. The molecule has 14 nitrogen and oxygen atoms in total. The van der Waals surface area contributed by atoms with Crippen LogP contribution in [0.15, 0.2) is 46.9 Å². The molecule has 218 valence electrons. The highest BCUT2D eigenvalue weighted by Crippen LogP contribution is 2.22. The summed E-state index contributed by atoms with van der Waals surface area (Å²) in [5.41, 5.74) is 11.2. The van der Waals surface area contributed by atoms with Crippen LogP contribution in [0.25, 0.3) is 0 Å². The van der Waals surface area contributed by atoms with Gasteiger partial charge in [0.2, 0.25) is 27.6 Å². The Bertz CT molecular complexity index is 1280. The first-order chi connectivity index (χ1) is 19.0. The van der Waals surface area contributed by atoms with E-state index in [1.807, 2.05) is 0 Å². The summed E-state index contributed by atoms with van der Waals surface area (Å²) >= 11 is 1.12. The van der Waals surface area contributed by atoms with Crippen LogP contribution in [-0.2, 0) is 25.4 Å². The summed E-state index contributed by atoms with van der Waals surface area (Å²) < 4.78 is 27.3. The quantitative estimate of drug-likeness (QED) is 0.0565. The Balaban J connectivity index is 1.70. The lowest BCUT2D eigenvalue weighted by Crippen LogP contribution is -2.61. The molecular weight excluding hydrogens is 562 g/mol. The number of carbonyl (C=O) groups is 3. The molecule has 1 saturated heterocycles. The van der Waals surface area contributed by atoms with Crippen molar-refractivity contribution in [2.24, 2.45) is 16.5 Å². The van der Waals surface area contributed by atoms with Gasteiger partial charge in [-0.15, -0.1) is 11.3 Å². The average Bonchev–Trinajstić information content (AvgIpc) is 3.43. The van der Waals surface area contributed by atoms with Crippen LogP contribution in [0.3, 0.4) is 0 Å². The number of piperazine rings is 1. The highest BCUT2D eigenvalue weighted by molar-refractivity contribution is 7.88. The second-order valence-corrected chi connectivity index (χ2v) is 11.9. The van der Waals surface area contributed by atoms with Crippen molar-refractivity contribution in [3.05, 3.63) is 52.5 Å². The topological polar surface area (TPSA) is 222 Å². The summed E-state index contributed by atoms with van der Waals surface area (Å²) in [5, 5.41) is 23.6. The number of aliphatic hydroxyl groups excluding tert-OH is 1. The fourth-order valence-electron chi connectivity index (χ4n) is 4.27. The molecule has 1 fully saturated rings. The SMILES string of the molecule is NC(N)=NCCC[C@H](NC(=O)CN1CCN(S(=O)(=O)Cc2ccccc2)[C@H](CC(O)O)C1=O)C(=O)c1nccs1. The molecule has 7 N–H and O–H groups in total. The highest BCUT2D eigenvalue weighted by Gasteiger charge is 2.42. The van der Waals surface area contributed by atoms with Crippen LogP contribution >= 0.6 is 11.3 Å². The number of thiazole rings is 1. The van der Waals surface area contributed by atoms with Gasteiger partial charge in [-0.3, -0.25) is 19.4 Å². The van der Waals surface area contributed by atoms with E-state index in [4.69, 9.17) is 11.5 Å². The molecule has 0 bridgehead atoms. The molecule has 3 rings (SSSR count). The van der Waals surface area contributed by atoms with Crippen molar-refractivity contribution in [2.45, 2.75) is 43.4 Å². The van der Waals surface area contributed by atoms with Crippen LogP contribution in [0, 0.1) is 0 Å². The number of hydrogen-bond acceptors (Lipinski definition) is 10. The lowest BCUT2D eigenvalue weighted by atomic mass is 10.1. The van der Waals surface area contributed by atoms with Gasteiger partial charge in [-0.1, -0.05) is 30.3 Å². The van der Waals surface area contributed by atoms with Gasteiger partial charge in [0.1, 0.15) is 6.04 Å². The summed E-state index contributed by atoms with van der Waals surface area (Å²) in [6, 6.07) is 6.03. The van der Waals surface area contributed by atoms with Gasteiger partial charge in [-0.2, -0.15) is 4.31 Å². The zero-order valence-corrected chi connectivity index (χ0v) is 23.3. The maximum atomic E-state index is 13.3. The van der Waals surface area contributed by atoms with Crippen molar-refractivity contribution in [3.63, 3.8) is 0 Å². The van der Waals surface area contributed by atoms with Gasteiger partial charge in [0.15, 0.2) is 17.3 Å². The molecule has 0 unspecified atom stereocenters. The number of aliphatic hydroxyl groups is 2. The molecular formula is C24H33N7O7S2. The molecule has 2 aromatic rings. The monoisotopic (exact) mass is 595 g/mol. The molecule has 0 radical (unpaired) electrons. The van der Waals surface area contributed by atoms with Crippen molar-refractivity contribution in [1.29, 1.82) is 0 Å². The third-order valence-corrected chi connectivity index (χ3v) is 8.73. The van der Waals surface area contributed by atoms with Crippen molar-refractivity contribution in [1.82, 2.24) is 19.5 Å². The van der Waals surface area contributed by atoms with Gasteiger partial charge in [-0.05, 0) is 18.4 Å². The summed E-state index contributed by atoms with van der Waals surface area (Å²) in [7, 11) is -4.01. The summed E-state index contributed by atoms with van der Waals surface area (Å²) in [5.74, 6) is -2.27. The molecule has 1 aromatic heterocycles. The van der Waals surface area contributed by atoms with Crippen molar-refractivity contribution in [2.75, 3.05) is 26.2 Å². The second kappa shape index (κ2) is 14.3. The summed E-state index contributed by atoms with van der Waals surface area (Å²) in [4.78, 5) is 48.2. The number of amides is 2. The third-order valence-electron chi connectivity index (χ3n) is 6.09. The fraction of sp³-hybridized carbons (Fsp3) is 0.458. The first-order valence-electron chi connectivity index (χ1n) is 12.4. The Morgan fingerprint density at radius 2 is 1.93 bits per heavy atom. The number of aliphatic imine (C=N–C) groups is 1. The Labute approximate surface area is 235 Å². The summed E-state index contributed by atoms with van der Waals surface area (Å²) in [6.07, 6.45) is -0.466. The molecule has 1 aliphatic heterocycles. The molecule has 40 heavy (non-hydrogen) atoms. The zero-order valence-electron chi connectivity index (χ0n) is 21.6. The number of carbonyl (C=O) groups excluding carboxylic acids is 3. The van der Waals surface area contributed by atoms with E-state index in [2.05, 4.69) is 15.3 Å². The van der Waals surface area contributed by atoms with E-state index in [-0.39, 0.29) is 42.8 Å². The van der Waals surface area contributed by atoms with Crippen LogP contribution in [-0.4, -0.2) is 101 Å². The lowest BCUT2D eigenvalue weighted by Gasteiger charge is -2.39. The molecule has 0 saturated carbocycles. The van der Waals surface area contributed by atoms with E-state index >= 15 is 0 Å². The average molecular weight is 596 g/mol. The van der Waals surface area contributed by atoms with Gasteiger partial charge >= 0.3 is 0 Å². The number of Topliss-reactive ketones (excluding diaryl/α,β-unsaturated/α-hetero) is 1. The third kappa shape index (κ3) is 8.79. The minimum absolute atomic E-state index is 0.0992. The van der Waals surface area contributed by atoms with Crippen molar-refractivity contribution < 1.29 is 33.0 Å².